The zero-order valence-corrected chi connectivity index (χ0v) is 11.9. The largest absolute Gasteiger partial charge is 0.327 e. The Kier molecular flexibility index (Phi) is 3.43. The molecule has 0 radical (unpaired) electrons. The second-order valence-electron chi connectivity index (χ2n) is 6.74. The molecule has 0 spiro atoms. The molecule has 1 saturated heterocycles. The molecule has 18 heavy (non-hydrogen) atoms. The highest BCUT2D eigenvalue weighted by Gasteiger charge is 2.42. The highest BCUT2D eigenvalue weighted by molar-refractivity contribution is 7.92. The first-order chi connectivity index (χ1) is 8.56. The van der Waals surface area contributed by atoms with Crippen LogP contribution in [0.5, 0.6) is 0 Å². The summed E-state index contributed by atoms with van der Waals surface area (Å²) in [5.41, 5.74) is 6.26. The molecule has 4 heteroatoms. The van der Waals surface area contributed by atoms with Crippen molar-refractivity contribution in [1.82, 2.24) is 0 Å². The lowest BCUT2D eigenvalue weighted by Gasteiger charge is -2.31. The Hall–Kier alpha value is -0.0900. The van der Waals surface area contributed by atoms with E-state index in [9.17, 15) is 8.42 Å². The first-order valence-corrected chi connectivity index (χ1v) is 9.25. The summed E-state index contributed by atoms with van der Waals surface area (Å²) in [7, 11) is -2.90. The van der Waals surface area contributed by atoms with E-state index in [-0.39, 0.29) is 11.3 Å². The molecule has 2 N–H and O–H groups in total. The van der Waals surface area contributed by atoms with Crippen molar-refractivity contribution in [2.75, 3.05) is 5.75 Å². The van der Waals surface area contributed by atoms with Crippen LogP contribution < -0.4 is 5.73 Å². The highest BCUT2D eigenvalue weighted by Crippen LogP contribution is 2.50. The van der Waals surface area contributed by atoms with Crippen LogP contribution >= 0.6 is 0 Å². The van der Waals surface area contributed by atoms with E-state index in [2.05, 4.69) is 0 Å². The normalized spacial score (nSPS) is 44.1. The minimum atomic E-state index is -2.90. The summed E-state index contributed by atoms with van der Waals surface area (Å²) in [6.07, 6.45) is 9.07. The summed E-state index contributed by atoms with van der Waals surface area (Å²) in [6.45, 7) is 0. The smallest absolute Gasteiger partial charge is 0.154 e. The van der Waals surface area contributed by atoms with E-state index in [0.717, 1.165) is 43.4 Å². The molecule has 5 unspecified atom stereocenters. The van der Waals surface area contributed by atoms with Crippen LogP contribution in [0.3, 0.4) is 0 Å². The molecule has 1 heterocycles. The van der Waals surface area contributed by atoms with Crippen LogP contribution in [0.15, 0.2) is 0 Å². The van der Waals surface area contributed by atoms with E-state index in [1.807, 2.05) is 0 Å². The van der Waals surface area contributed by atoms with E-state index in [0.29, 0.717) is 5.75 Å². The lowest BCUT2D eigenvalue weighted by Crippen LogP contribution is -2.45. The lowest BCUT2D eigenvalue weighted by atomic mass is 9.83. The van der Waals surface area contributed by atoms with Crippen LogP contribution in [0.2, 0.25) is 0 Å². The van der Waals surface area contributed by atoms with Gasteiger partial charge in [0.2, 0.25) is 0 Å². The molecule has 2 saturated carbocycles. The molecule has 5 atom stereocenters. The summed E-state index contributed by atoms with van der Waals surface area (Å²) in [5, 5.41) is -0.245. The van der Waals surface area contributed by atoms with Gasteiger partial charge in [-0.3, -0.25) is 0 Å². The van der Waals surface area contributed by atoms with Crippen molar-refractivity contribution >= 4 is 9.84 Å². The van der Waals surface area contributed by atoms with Crippen molar-refractivity contribution in [3.63, 3.8) is 0 Å². The van der Waals surface area contributed by atoms with Crippen LogP contribution in [0.4, 0.5) is 0 Å². The summed E-state index contributed by atoms with van der Waals surface area (Å²) in [6, 6.07) is -0.111. The van der Waals surface area contributed by atoms with E-state index in [4.69, 9.17) is 5.73 Å². The third-order valence-electron chi connectivity index (χ3n) is 5.57. The molecule has 0 aromatic rings. The van der Waals surface area contributed by atoms with Crippen molar-refractivity contribution in [2.24, 2.45) is 23.5 Å². The predicted octanol–water partition coefficient (Wildman–Crippen LogP) is 2.11. The summed E-state index contributed by atoms with van der Waals surface area (Å²) in [4.78, 5) is 0. The molecular weight excluding hydrogens is 246 g/mol. The molecular formula is C14H25NO2S. The zero-order chi connectivity index (χ0) is 12.8. The molecule has 3 fully saturated rings. The van der Waals surface area contributed by atoms with Gasteiger partial charge in [-0.25, -0.2) is 8.42 Å². The van der Waals surface area contributed by atoms with Gasteiger partial charge in [-0.05, 0) is 56.3 Å². The monoisotopic (exact) mass is 271 g/mol. The highest BCUT2D eigenvalue weighted by atomic mass is 32.2. The summed E-state index contributed by atoms with van der Waals surface area (Å²) in [5.74, 6) is 2.86. The average molecular weight is 271 g/mol. The Bertz CT molecular complexity index is 406. The maximum Gasteiger partial charge on any atom is 0.154 e. The third-order valence-corrected chi connectivity index (χ3v) is 7.93. The van der Waals surface area contributed by atoms with Gasteiger partial charge in [-0.2, -0.15) is 0 Å². The van der Waals surface area contributed by atoms with Crippen molar-refractivity contribution in [3.05, 3.63) is 0 Å². The topological polar surface area (TPSA) is 60.2 Å². The predicted molar refractivity (Wildman–Crippen MR) is 73.0 cm³/mol. The zero-order valence-electron chi connectivity index (χ0n) is 11.1. The Labute approximate surface area is 110 Å². The van der Waals surface area contributed by atoms with E-state index in [1.165, 1.54) is 25.7 Å². The number of hydrogen-bond donors (Lipinski definition) is 1. The summed E-state index contributed by atoms with van der Waals surface area (Å²) < 4.78 is 24.2. The van der Waals surface area contributed by atoms with Gasteiger partial charge in [0, 0.05) is 6.04 Å². The molecule has 0 aromatic heterocycles. The van der Waals surface area contributed by atoms with Crippen LogP contribution in [0, 0.1) is 17.8 Å². The molecule has 3 aliphatic rings. The molecule has 104 valence electrons. The van der Waals surface area contributed by atoms with Gasteiger partial charge in [0.05, 0.1) is 11.0 Å². The molecule has 2 bridgehead atoms. The van der Waals surface area contributed by atoms with Gasteiger partial charge >= 0.3 is 0 Å². The summed E-state index contributed by atoms with van der Waals surface area (Å²) >= 11 is 0. The van der Waals surface area contributed by atoms with Gasteiger partial charge in [0.15, 0.2) is 9.84 Å². The van der Waals surface area contributed by atoms with Crippen molar-refractivity contribution in [2.45, 2.75) is 62.7 Å². The van der Waals surface area contributed by atoms with Gasteiger partial charge in [0.1, 0.15) is 0 Å². The van der Waals surface area contributed by atoms with Crippen LogP contribution in [0.25, 0.3) is 0 Å². The molecule has 0 aromatic carbocycles. The van der Waals surface area contributed by atoms with Crippen LogP contribution in [-0.2, 0) is 9.84 Å². The van der Waals surface area contributed by atoms with E-state index in [1.54, 1.807) is 0 Å². The first-order valence-electron chi connectivity index (χ1n) is 7.53. The Morgan fingerprint density at radius 1 is 1.11 bits per heavy atom. The molecule has 1 aliphatic heterocycles. The van der Waals surface area contributed by atoms with E-state index < -0.39 is 9.84 Å². The number of fused-ring (bicyclic) bond motifs is 2. The third kappa shape index (κ3) is 2.34. The standard InChI is InChI=1S/C14H25NO2S/c15-13(14-3-1-2-6-18(14,16)17)9-12-8-10-4-5-11(12)7-10/h10-14H,1-9,15H2. The number of sulfone groups is 1. The van der Waals surface area contributed by atoms with Crippen molar-refractivity contribution in [3.8, 4) is 0 Å². The first kappa shape index (κ1) is 12.9. The SMILES string of the molecule is NC(CC1CC2CCC1C2)C1CCCCS1(=O)=O. The molecule has 3 nitrogen and oxygen atoms in total. The maximum absolute atomic E-state index is 12.1. The Balaban J connectivity index is 1.62. The van der Waals surface area contributed by atoms with Crippen LogP contribution in [-0.4, -0.2) is 25.5 Å². The number of rotatable bonds is 3. The van der Waals surface area contributed by atoms with Gasteiger partial charge in [0.25, 0.3) is 0 Å². The fourth-order valence-corrected chi connectivity index (χ4v) is 6.71. The quantitative estimate of drug-likeness (QED) is 0.855. The number of hydrogen-bond acceptors (Lipinski definition) is 3. The van der Waals surface area contributed by atoms with Gasteiger partial charge in [-0.15, -0.1) is 0 Å². The maximum atomic E-state index is 12.1. The Morgan fingerprint density at radius 3 is 2.56 bits per heavy atom. The number of nitrogens with two attached hydrogens (primary N) is 1. The van der Waals surface area contributed by atoms with Crippen LogP contribution in [0.1, 0.15) is 51.4 Å². The molecule has 2 aliphatic carbocycles. The van der Waals surface area contributed by atoms with Crippen molar-refractivity contribution in [1.29, 1.82) is 0 Å². The second-order valence-corrected chi connectivity index (χ2v) is 9.08. The fourth-order valence-electron chi connectivity index (χ4n) is 4.63. The van der Waals surface area contributed by atoms with Crippen molar-refractivity contribution < 1.29 is 8.42 Å². The van der Waals surface area contributed by atoms with E-state index >= 15 is 0 Å². The molecule has 3 rings (SSSR count). The average Bonchev–Trinajstić information content (AvgIpc) is 2.90. The molecule has 0 amide bonds. The van der Waals surface area contributed by atoms with Gasteiger partial charge in [-0.1, -0.05) is 12.8 Å². The minimum Gasteiger partial charge on any atom is -0.327 e. The lowest BCUT2D eigenvalue weighted by molar-refractivity contribution is 0.287. The van der Waals surface area contributed by atoms with Gasteiger partial charge < -0.3 is 5.73 Å². The second kappa shape index (κ2) is 4.78. The fraction of sp³-hybridized carbons (Fsp3) is 1.00. The Morgan fingerprint density at radius 2 is 1.94 bits per heavy atom. The minimum absolute atomic E-state index is 0.111.